The van der Waals surface area contributed by atoms with Crippen LogP contribution in [-0.4, -0.2) is 11.0 Å². The van der Waals surface area contributed by atoms with Crippen molar-refractivity contribution in [2.45, 2.75) is 12.7 Å². The molecule has 0 aromatic carbocycles. The maximum absolute atomic E-state index is 10.4. The Morgan fingerprint density at radius 2 is 2.50 bits per heavy atom. The molecule has 12 heavy (non-hydrogen) atoms. The van der Waals surface area contributed by atoms with Crippen LogP contribution in [0, 0.1) is 0 Å². The van der Waals surface area contributed by atoms with E-state index in [0.29, 0.717) is 5.75 Å². The van der Waals surface area contributed by atoms with Gasteiger partial charge in [0.1, 0.15) is 0 Å². The molecule has 1 heterocycles. The van der Waals surface area contributed by atoms with Gasteiger partial charge in [-0.15, -0.1) is 0 Å². The quantitative estimate of drug-likeness (QED) is 0.670. The normalized spacial score (nSPS) is 9.42. The molecule has 4 heteroatoms. The molecule has 0 aliphatic heterocycles. The van der Waals surface area contributed by atoms with Gasteiger partial charge in [-0.25, -0.2) is 0 Å². The van der Waals surface area contributed by atoms with Crippen molar-refractivity contribution in [1.29, 1.82) is 0 Å². The molecular weight excluding hydrogens is 174 g/mol. The molecule has 0 fully saturated rings. The van der Waals surface area contributed by atoms with E-state index in [1.807, 2.05) is 18.2 Å². The predicted octanol–water partition coefficient (Wildman–Crippen LogP) is 1.79. The maximum atomic E-state index is 10.4. The highest BCUT2D eigenvalue weighted by atomic mass is 32.2. The summed E-state index contributed by atoms with van der Waals surface area (Å²) in [6, 6.07) is 5.63. The molecule has 0 atom stereocenters. The minimum absolute atomic E-state index is 0.282. The Labute approximate surface area is 75.4 Å². The fourth-order valence-electron chi connectivity index (χ4n) is 0.656. The van der Waals surface area contributed by atoms with E-state index < -0.39 is 0 Å². The van der Waals surface area contributed by atoms with Crippen molar-refractivity contribution in [2.24, 2.45) is 0 Å². The van der Waals surface area contributed by atoms with Crippen LogP contribution in [-0.2, 0) is 14.7 Å². The zero-order chi connectivity index (χ0) is 8.81. The van der Waals surface area contributed by atoms with Gasteiger partial charge in [-0.1, -0.05) is 6.07 Å². The summed E-state index contributed by atoms with van der Waals surface area (Å²) in [6.45, 7) is 1.38. The first-order valence-electron chi connectivity index (χ1n) is 3.49. The molecule has 0 spiro atoms. The summed E-state index contributed by atoms with van der Waals surface area (Å²) < 4.78 is 4.68. The molecule has 0 aliphatic rings. The molecule has 64 valence electrons. The Kier molecular flexibility index (Phi) is 3.60. The zero-order valence-electron chi connectivity index (χ0n) is 6.69. The number of hydrogen-bond acceptors (Lipinski definition) is 4. The van der Waals surface area contributed by atoms with Crippen molar-refractivity contribution in [1.82, 2.24) is 4.98 Å². The van der Waals surface area contributed by atoms with Crippen LogP contribution < -0.4 is 0 Å². The van der Waals surface area contributed by atoms with E-state index in [2.05, 4.69) is 9.17 Å². The number of pyridine rings is 1. The van der Waals surface area contributed by atoms with Gasteiger partial charge in [-0.2, -0.15) is 0 Å². The number of nitrogens with zero attached hydrogens (tertiary/aromatic N) is 1. The van der Waals surface area contributed by atoms with Crippen molar-refractivity contribution < 1.29 is 8.98 Å². The van der Waals surface area contributed by atoms with E-state index in [1.54, 1.807) is 6.20 Å². The Bertz CT molecular complexity index is 250. The third kappa shape index (κ3) is 3.39. The van der Waals surface area contributed by atoms with Crippen LogP contribution in [0.3, 0.4) is 0 Å². The molecule has 1 aromatic heterocycles. The Morgan fingerprint density at radius 3 is 3.08 bits per heavy atom. The fraction of sp³-hybridized carbons (Fsp3) is 0.250. The highest BCUT2D eigenvalue weighted by Gasteiger charge is 1.96. The minimum atomic E-state index is -0.282. The number of hydrogen-bond donors (Lipinski definition) is 0. The fourth-order valence-corrected chi connectivity index (χ4v) is 1.17. The van der Waals surface area contributed by atoms with Gasteiger partial charge in [0.05, 0.1) is 23.5 Å². The van der Waals surface area contributed by atoms with Crippen LogP contribution in [0.4, 0.5) is 0 Å². The van der Waals surface area contributed by atoms with Gasteiger partial charge in [-0.3, -0.25) is 9.78 Å². The molecule has 0 aliphatic carbocycles. The van der Waals surface area contributed by atoms with E-state index in [4.69, 9.17) is 0 Å². The van der Waals surface area contributed by atoms with Crippen LogP contribution in [0.2, 0.25) is 0 Å². The van der Waals surface area contributed by atoms with Gasteiger partial charge in [0.15, 0.2) is 0 Å². The van der Waals surface area contributed by atoms with Crippen LogP contribution in [0.5, 0.6) is 0 Å². The third-order valence-corrected chi connectivity index (χ3v) is 1.88. The monoisotopic (exact) mass is 183 g/mol. The molecule has 0 N–H and O–H groups in total. The number of rotatable bonds is 3. The van der Waals surface area contributed by atoms with Gasteiger partial charge >= 0.3 is 5.97 Å². The number of aromatic nitrogens is 1. The first kappa shape index (κ1) is 9.06. The molecule has 3 nitrogen and oxygen atoms in total. The summed E-state index contributed by atoms with van der Waals surface area (Å²) in [6.07, 6.45) is 1.71. The Balaban J connectivity index is 2.29. The van der Waals surface area contributed by atoms with Crippen LogP contribution in [0.15, 0.2) is 24.4 Å². The van der Waals surface area contributed by atoms with Crippen molar-refractivity contribution in [3.63, 3.8) is 0 Å². The third-order valence-electron chi connectivity index (χ3n) is 1.11. The van der Waals surface area contributed by atoms with Crippen molar-refractivity contribution in [2.75, 3.05) is 0 Å². The van der Waals surface area contributed by atoms with Gasteiger partial charge in [0, 0.05) is 13.1 Å². The summed E-state index contributed by atoms with van der Waals surface area (Å²) in [5, 5.41) is 0. The smallest absolute Gasteiger partial charge is 0.314 e. The predicted molar refractivity (Wildman–Crippen MR) is 47.3 cm³/mol. The van der Waals surface area contributed by atoms with E-state index in [0.717, 1.165) is 17.7 Å². The first-order chi connectivity index (χ1) is 5.79. The SMILES string of the molecule is CC(=O)OSCc1ccccn1. The number of carbonyl (C=O) groups is 1. The molecule has 0 amide bonds. The summed E-state index contributed by atoms with van der Waals surface area (Å²) >= 11 is 1.10. The Morgan fingerprint density at radius 1 is 1.67 bits per heavy atom. The van der Waals surface area contributed by atoms with Gasteiger partial charge in [0.25, 0.3) is 0 Å². The highest BCUT2D eigenvalue weighted by molar-refractivity contribution is 7.94. The van der Waals surface area contributed by atoms with Gasteiger partial charge in [-0.05, 0) is 12.1 Å². The van der Waals surface area contributed by atoms with Crippen molar-refractivity contribution in [3.05, 3.63) is 30.1 Å². The van der Waals surface area contributed by atoms with Crippen molar-refractivity contribution >= 4 is 18.0 Å². The molecule has 0 bridgehead atoms. The second-order valence-electron chi connectivity index (χ2n) is 2.16. The van der Waals surface area contributed by atoms with Gasteiger partial charge < -0.3 is 4.18 Å². The second kappa shape index (κ2) is 4.77. The summed E-state index contributed by atoms with van der Waals surface area (Å²) in [7, 11) is 0. The lowest BCUT2D eigenvalue weighted by Gasteiger charge is -1.97. The van der Waals surface area contributed by atoms with Crippen molar-refractivity contribution in [3.8, 4) is 0 Å². The standard InChI is InChI=1S/C8H9NO2S/c1-7(10)11-12-6-8-4-2-3-5-9-8/h2-5H,6H2,1H3. The highest BCUT2D eigenvalue weighted by Crippen LogP contribution is 2.10. The summed E-state index contributed by atoms with van der Waals surface area (Å²) in [5.41, 5.74) is 0.906. The Hall–Kier alpha value is -1.03. The minimum Gasteiger partial charge on any atom is -0.391 e. The van der Waals surface area contributed by atoms with Crippen LogP contribution >= 0.6 is 12.0 Å². The molecular formula is C8H9NO2S. The molecule has 0 saturated heterocycles. The lowest BCUT2D eigenvalue weighted by atomic mass is 10.4. The lowest BCUT2D eigenvalue weighted by Crippen LogP contribution is -1.91. The topological polar surface area (TPSA) is 39.2 Å². The molecule has 1 aromatic rings. The van der Waals surface area contributed by atoms with Gasteiger partial charge in [0.2, 0.25) is 0 Å². The average Bonchev–Trinajstić information content (AvgIpc) is 2.05. The lowest BCUT2D eigenvalue weighted by molar-refractivity contribution is -0.130. The molecule has 0 unspecified atom stereocenters. The van der Waals surface area contributed by atoms with E-state index in [1.165, 1.54) is 6.92 Å². The van der Waals surface area contributed by atoms with E-state index in [9.17, 15) is 4.79 Å². The molecule has 1 rings (SSSR count). The molecule has 0 saturated carbocycles. The van der Waals surface area contributed by atoms with Crippen LogP contribution in [0.1, 0.15) is 12.6 Å². The van der Waals surface area contributed by atoms with E-state index >= 15 is 0 Å². The first-order valence-corrected chi connectivity index (χ1v) is 4.40. The summed E-state index contributed by atoms with van der Waals surface area (Å²) in [5.74, 6) is 0.316. The summed E-state index contributed by atoms with van der Waals surface area (Å²) in [4.78, 5) is 14.4. The zero-order valence-corrected chi connectivity index (χ0v) is 7.50. The van der Waals surface area contributed by atoms with Crippen LogP contribution in [0.25, 0.3) is 0 Å². The largest absolute Gasteiger partial charge is 0.391 e. The maximum Gasteiger partial charge on any atom is 0.314 e. The average molecular weight is 183 g/mol. The van der Waals surface area contributed by atoms with E-state index in [-0.39, 0.29) is 5.97 Å². The molecule has 0 radical (unpaired) electrons. The number of carbonyl (C=O) groups excluding carboxylic acids is 1. The second-order valence-corrected chi connectivity index (χ2v) is 2.85.